The molecular formula is C55H67N3OSi. The highest BCUT2D eigenvalue weighted by Gasteiger charge is 2.43. The molecule has 0 amide bonds. The average Bonchev–Trinajstić information content (AvgIpc) is 3.55. The fraction of sp³-hybridized carbons (Fsp3) is 0.382. The van der Waals surface area contributed by atoms with E-state index in [4.69, 9.17) is 9.98 Å². The van der Waals surface area contributed by atoms with E-state index >= 15 is 0 Å². The predicted octanol–water partition coefficient (Wildman–Crippen LogP) is 13.5. The molecule has 2 heterocycles. The number of fused-ring (bicyclic) bond motifs is 1. The fourth-order valence-electron chi connectivity index (χ4n) is 8.51. The van der Waals surface area contributed by atoms with Crippen LogP contribution in [0.5, 0.6) is 5.75 Å². The van der Waals surface area contributed by atoms with Crippen molar-refractivity contribution in [1.82, 2.24) is 4.98 Å². The summed E-state index contributed by atoms with van der Waals surface area (Å²) in [5.41, 5.74) is 12.8. The van der Waals surface area contributed by atoms with Gasteiger partial charge in [0.1, 0.15) is 17.6 Å². The van der Waals surface area contributed by atoms with E-state index in [-0.39, 0.29) is 33.7 Å². The summed E-state index contributed by atoms with van der Waals surface area (Å²) in [5.74, 6) is 1.14. The van der Waals surface area contributed by atoms with Gasteiger partial charge in [0.05, 0.1) is 25.4 Å². The molecule has 1 aromatic heterocycles. The summed E-state index contributed by atoms with van der Waals surface area (Å²) in [7, 11) is -1.93. The van der Waals surface area contributed by atoms with Gasteiger partial charge in [0.2, 0.25) is 0 Å². The lowest BCUT2D eigenvalue weighted by molar-refractivity contribution is 0.443. The second-order valence-electron chi connectivity index (χ2n) is 22.3. The molecule has 2 aliphatic rings. The van der Waals surface area contributed by atoms with Crippen LogP contribution in [0.4, 0.5) is 5.69 Å². The molecule has 0 bridgehead atoms. The molecule has 0 radical (unpaired) electrons. The van der Waals surface area contributed by atoms with Crippen molar-refractivity contribution in [3.05, 3.63) is 149 Å². The van der Waals surface area contributed by atoms with Crippen molar-refractivity contribution >= 4 is 30.4 Å². The zero-order valence-electron chi connectivity index (χ0n) is 38.9. The van der Waals surface area contributed by atoms with E-state index in [2.05, 4.69) is 217 Å². The highest BCUT2D eigenvalue weighted by atomic mass is 28.3. The van der Waals surface area contributed by atoms with Crippen molar-refractivity contribution in [2.24, 2.45) is 4.99 Å². The molecule has 2 unspecified atom stereocenters. The molecule has 0 saturated heterocycles. The maximum atomic E-state index is 12.5. The zero-order chi connectivity index (χ0) is 43.7. The Morgan fingerprint density at radius 2 is 1.23 bits per heavy atom. The average molecular weight is 814 g/mol. The number of anilines is 1. The first kappa shape index (κ1) is 43.1. The maximum Gasteiger partial charge on any atom is 0.140 e. The number of hydrogen-bond donors (Lipinski definition) is 1. The van der Waals surface area contributed by atoms with Gasteiger partial charge in [-0.3, -0.25) is 9.98 Å². The van der Waals surface area contributed by atoms with E-state index in [9.17, 15) is 5.11 Å². The van der Waals surface area contributed by atoms with Crippen molar-refractivity contribution in [2.45, 2.75) is 136 Å². The predicted molar refractivity (Wildman–Crippen MR) is 261 cm³/mol. The minimum absolute atomic E-state index is 0.00418. The lowest BCUT2D eigenvalue weighted by atomic mass is 9.78. The van der Waals surface area contributed by atoms with Crippen LogP contribution in [0.1, 0.15) is 116 Å². The molecule has 0 fully saturated rings. The van der Waals surface area contributed by atoms with Crippen LogP contribution in [0.25, 0.3) is 28.0 Å². The van der Waals surface area contributed by atoms with Crippen LogP contribution in [0.3, 0.4) is 0 Å². The molecule has 5 aromatic rings. The van der Waals surface area contributed by atoms with Gasteiger partial charge >= 0.3 is 0 Å². The Morgan fingerprint density at radius 3 is 1.85 bits per heavy atom. The Hall–Kier alpha value is -5.00. The number of phenols is 1. The maximum absolute atomic E-state index is 12.5. The van der Waals surface area contributed by atoms with Crippen molar-refractivity contribution in [3.63, 3.8) is 0 Å². The Kier molecular flexibility index (Phi) is 10.9. The van der Waals surface area contributed by atoms with Crippen LogP contribution in [0.15, 0.2) is 120 Å². The van der Waals surface area contributed by atoms with Gasteiger partial charge in [-0.25, -0.2) is 0 Å². The van der Waals surface area contributed by atoms with Crippen LogP contribution in [-0.4, -0.2) is 36.1 Å². The quantitative estimate of drug-likeness (QED) is 0.174. The number of pyridine rings is 1. The highest BCUT2D eigenvalue weighted by molar-refractivity contribution is 6.89. The first-order chi connectivity index (χ1) is 27.8. The van der Waals surface area contributed by atoms with E-state index in [1.54, 1.807) is 0 Å². The number of allylic oxidation sites excluding steroid dienone is 2. The molecule has 4 nitrogen and oxygen atoms in total. The van der Waals surface area contributed by atoms with E-state index in [0.29, 0.717) is 5.75 Å². The summed E-state index contributed by atoms with van der Waals surface area (Å²) in [6, 6.07) is 33.1. The third-order valence-corrected chi connectivity index (χ3v) is 14.3. The van der Waals surface area contributed by atoms with Crippen LogP contribution >= 0.6 is 0 Å². The van der Waals surface area contributed by atoms with Gasteiger partial charge in [-0.1, -0.05) is 176 Å². The van der Waals surface area contributed by atoms with Crippen LogP contribution in [0, 0.1) is 0 Å². The van der Waals surface area contributed by atoms with Crippen LogP contribution < -0.4 is 10.1 Å². The van der Waals surface area contributed by atoms with Crippen LogP contribution in [0.2, 0.25) is 19.6 Å². The van der Waals surface area contributed by atoms with Crippen LogP contribution in [-0.2, 0) is 21.7 Å². The van der Waals surface area contributed by atoms with Gasteiger partial charge < -0.3 is 10.0 Å². The molecule has 0 spiro atoms. The number of phenolic OH excluding ortho intramolecular Hbond substituents is 1. The third kappa shape index (κ3) is 8.48. The molecule has 312 valence electrons. The molecule has 2 atom stereocenters. The number of aromatic nitrogens is 1. The molecule has 60 heavy (non-hydrogen) atoms. The second kappa shape index (κ2) is 15.2. The molecule has 1 aliphatic heterocycles. The fourth-order valence-corrected chi connectivity index (χ4v) is 10.1. The van der Waals surface area contributed by atoms with Crippen molar-refractivity contribution < 1.29 is 5.11 Å². The largest absolute Gasteiger partial charge is 0.507 e. The van der Waals surface area contributed by atoms with Gasteiger partial charge in [-0.15, -0.1) is 0 Å². The van der Waals surface area contributed by atoms with Gasteiger partial charge in [0, 0.05) is 23.0 Å². The Labute approximate surface area is 362 Å². The standard InChI is InChI=1S/C55H67N3OSi/c1-52(2,3)39-24-25-46(48(34-39)60(13,14)15)58-47-23-19-22-42(49(47)57-51(58)43-32-41(54(7,8)9)33-44(50(43)59)55(10,11)12)37-28-38(30-40(29-37)53(4,5)6)45-31-36(26-27-56-45)35-20-17-16-18-21-35/h16-34,47,49,59H,1-15H3. The molecule has 5 heteroatoms. The Bertz CT molecular complexity index is 2520. The number of nitrogens with zero attached hydrogens (tertiary/aromatic N) is 3. The summed E-state index contributed by atoms with van der Waals surface area (Å²) in [6.45, 7) is 34.4. The zero-order valence-corrected chi connectivity index (χ0v) is 39.9. The van der Waals surface area contributed by atoms with Crippen molar-refractivity contribution in [2.75, 3.05) is 4.90 Å². The van der Waals surface area contributed by atoms with Crippen molar-refractivity contribution in [3.8, 4) is 28.1 Å². The first-order valence-electron chi connectivity index (χ1n) is 21.8. The molecule has 1 aliphatic carbocycles. The molecule has 0 saturated carbocycles. The number of amidine groups is 1. The molecule has 4 aromatic carbocycles. The summed E-state index contributed by atoms with van der Waals surface area (Å²) < 4.78 is 0. The number of aliphatic imine (C=N–C) groups is 1. The SMILES string of the molecule is CC(C)(C)c1cc(C2=CC=CC3C2N=C(c2cc(C(C)(C)C)cc(C(C)(C)C)c2O)N3c2ccc(C(C)(C)C)cc2[Si](C)(C)C)cc(-c2cc(-c3ccccc3)ccn2)c1. The summed E-state index contributed by atoms with van der Waals surface area (Å²) in [5, 5.41) is 13.9. The van der Waals surface area contributed by atoms with Gasteiger partial charge in [0.15, 0.2) is 0 Å². The third-order valence-electron chi connectivity index (χ3n) is 12.3. The van der Waals surface area contributed by atoms with Gasteiger partial charge in [-0.2, -0.15) is 0 Å². The number of rotatable bonds is 6. The van der Waals surface area contributed by atoms with E-state index in [0.717, 1.165) is 44.9 Å². The second-order valence-corrected chi connectivity index (χ2v) is 27.3. The number of benzene rings is 4. The monoisotopic (exact) mass is 814 g/mol. The topological polar surface area (TPSA) is 48.7 Å². The van der Waals surface area contributed by atoms with Gasteiger partial charge in [-0.05, 0) is 102 Å². The van der Waals surface area contributed by atoms with Gasteiger partial charge in [0.25, 0.3) is 0 Å². The molecule has 1 N–H and O–H groups in total. The summed E-state index contributed by atoms with van der Waals surface area (Å²) in [4.78, 5) is 13.2. The minimum Gasteiger partial charge on any atom is -0.507 e. The molecular weight excluding hydrogens is 747 g/mol. The first-order valence-corrected chi connectivity index (χ1v) is 25.3. The highest BCUT2D eigenvalue weighted by Crippen LogP contribution is 2.45. The normalized spacial score (nSPS) is 17.4. The minimum atomic E-state index is -1.93. The summed E-state index contributed by atoms with van der Waals surface area (Å²) >= 11 is 0. The van der Waals surface area contributed by atoms with E-state index < -0.39 is 8.07 Å². The number of hydrogen-bond acceptors (Lipinski definition) is 4. The summed E-state index contributed by atoms with van der Waals surface area (Å²) in [6.07, 6.45) is 8.74. The lowest BCUT2D eigenvalue weighted by Gasteiger charge is -2.36. The molecule has 7 rings (SSSR count). The van der Waals surface area contributed by atoms with E-state index in [1.165, 1.54) is 33.1 Å². The number of aromatic hydroxyl groups is 1. The smallest absolute Gasteiger partial charge is 0.140 e. The van der Waals surface area contributed by atoms with E-state index in [1.807, 2.05) is 6.20 Å². The Balaban J connectivity index is 1.47. The lowest BCUT2D eigenvalue weighted by Crippen LogP contribution is -2.48. The Morgan fingerprint density at radius 1 is 0.600 bits per heavy atom. The van der Waals surface area contributed by atoms with Crippen molar-refractivity contribution in [1.29, 1.82) is 0 Å².